The summed E-state index contributed by atoms with van der Waals surface area (Å²) in [6.45, 7) is 8.93. The van der Waals surface area contributed by atoms with E-state index in [-0.39, 0.29) is 44.7 Å². The van der Waals surface area contributed by atoms with E-state index in [2.05, 4.69) is 10.6 Å². The summed E-state index contributed by atoms with van der Waals surface area (Å²) in [6.07, 6.45) is 0.00660. The van der Waals surface area contributed by atoms with Gasteiger partial charge in [0.1, 0.15) is 23.4 Å². The largest absolute Gasteiger partial charge is 0.508 e. The summed E-state index contributed by atoms with van der Waals surface area (Å²) in [6, 6.07) is 3.42. The number of phenolic OH excluding ortho intramolecular Hbond substituents is 1. The lowest BCUT2D eigenvalue weighted by Gasteiger charge is -2.34. The Morgan fingerprint density at radius 2 is 1.69 bits per heavy atom. The molecule has 2 atom stereocenters. The molecule has 0 aromatic heterocycles. The topological polar surface area (TPSA) is 177 Å². The second kappa shape index (κ2) is 16.2. The molecule has 0 aliphatic rings. The maximum atomic E-state index is 13.9. The van der Waals surface area contributed by atoms with Crippen molar-refractivity contribution >= 4 is 29.8 Å². The molecule has 0 heterocycles. The van der Waals surface area contributed by atoms with Gasteiger partial charge >= 0.3 is 12.1 Å². The molecule has 12 heteroatoms. The number of nitrogens with one attached hydrogen (secondary N) is 2. The van der Waals surface area contributed by atoms with E-state index >= 15 is 0 Å². The highest BCUT2D eigenvalue weighted by atomic mass is 16.6. The average Bonchev–Trinajstić information content (AvgIpc) is 2.83. The van der Waals surface area contributed by atoms with Crippen LogP contribution in [0.5, 0.6) is 5.75 Å². The highest BCUT2D eigenvalue weighted by Crippen LogP contribution is 2.26. The van der Waals surface area contributed by atoms with E-state index in [0.717, 1.165) is 0 Å². The molecule has 1 aromatic rings. The molecule has 12 nitrogen and oxygen atoms in total. The first-order chi connectivity index (χ1) is 18.3. The van der Waals surface area contributed by atoms with Gasteiger partial charge in [-0.05, 0) is 58.2 Å². The van der Waals surface area contributed by atoms with Gasteiger partial charge < -0.3 is 35.8 Å². The van der Waals surface area contributed by atoms with Crippen LogP contribution in [0.4, 0.5) is 4.79 Å². The second-order valence-electron chi connectivity index (χ2n) is 9.93. The number of carbonyl (C=O) groups excluding carboxylic acids is 5. The number of amides is 4. The molecule has 218 valence electrons. The molecule has 0 saturated carbocycles. The number of rotatable bonds is 15. The fraction of sp³-hybridized carbons (Fsp3) is 0.593. The Morgan fingerprint density at radius 3 is 2.23 bits per heavy atom. The number of ether oxygens (including phenoxy) is 2. The molecule has 0 spiro atoms. The van der Waals surface area contributed by atoms with Gasteiger partial charge in [0.15, 0.2) is 0 Å². The van der Waals surface area contributed by atoms with E-state index in [0.29, 0.717) is 18.4 Å². The lowest BCUT2D eigenvalue weighted by Crippen LogP contribution is -2.53. The zero-order valence-corrected chi connectivity index (χ0v) is 23.5. The van der Waals surface area contributed by atoms with Crippen molar-refractivity contribution in [3.05, 3.63) is 29.8 Å². The smallest absolute Gasteiger partial charge is 0.408 e. The lowest BCUT2D eigenvalue weighted by molar-refractivity contribution is -0.144. The first-order valence-corrected chi connectivity index (χ1v) is 13.1. The molecule has 0 saturated heterocycles. The monoisotopic (exact) mass is 550 g/mol. The first kappa shape index (κ1) is 33.2. The van der Waals surface area contributed by atoms with Gasteiger partial charge in [0, 0.05) is 19.5 Å². The van der Waals surface area contributed by atoms with E-state index in [9.17, 15) is 29.1 Å². The quantitative estimate of drug-likeness (QED) is 0.240. The van der Waals surface area contributed by atoms with Crippen molar-refractivity contribution in [3.8, 4) is 5.75 Å². The summed E-state index contributed by atoms with van der Waals surface area (Å²) in [7, 11) is 0. The van der Waals surface area contributed by atoms with E-state index in [4.69, 9.17) is 15.2 Å². The van der Waals surface area contributed by atoms with Crippen LogP contribution >= 0.6 is 0 Å². The van der Waals surface area contributed by atoms with Gasteiger partial charge in [-0.2, -0.15) is 0 Å². The standard InChI is InChI=1S/C27H42N4O8/c1-6-8-17-31(25(36)20(13-14-21(28)33)30-26(37)39-27(3,4)5)23(18-9-11-19(32)12-10-18)24(35)29-16-15-22(34)38-7-2/h9-12,20,23,32H,6-8,13-17H2,1-5H3,(H2,28,33)(H,29,35)(H,30,37). The highest BCUT2D eigenvalue weighted by molar-refractivity contribution is 5.92. The molecule has 4 amide bonds. The van der Waals surface area contributed by atoms with Crippen LogP contribution in [0.25, 0.3) is 0 Å². The Labute approximate surface area is 229 Å². The second-order valence-corrected chi connectivity index (χ2v) is 9.93. The summed E-state index contributed by atoms with van der Waals surface area (Å²) in [5.41, 5.74) is 4.87. The normalized spacial score (nSPS) is 12.5. The van der Waals surface area contributed by atoms with Gasteiger partial charge in [0.2, 0.25) is 17.7 Å². The van der Waals surface area contributed by atoms with Crippen LogP contribution in [0.3, 0.4) is 0 Å². The van der Waals surface area contributed by atoms with Crippen LogP contribution < -0.4 is 16.4 Å². The number of primary amides is 1. The summed E-state index contributed by atoms with van der Waals surface area (Å²) in [5.74, 6) is -2.36. The predicted molar refractivity (Wildman–Crippen MR) is 143 cm³/mol. The molecular formula is C27H42N4O8. The Bertz CT molecular complexity index is 975. The third-order valence-corrected chi connectivity index (χ3v) is 5.41. The minimum absolute atomic E-state index is 0.0245. The molecule has 0 fully saturated rings. The van der Waals surface area contributed by atoms with Gasteiger partial charge in [-0.25, -0.2) is 4.79 Å². The fourth-order valence-electron chi connectivity index (χ4n) is 3.64. The number of hydrogen-bond donors (Lipinski definition) is 4. The van der Waals surface area contributed by atoms with Gasteiger partial charge in [-0.1, -0.05) is 25.5 Å². The predicted octanol–water partition coefficient (Wildman–Crippen LogP) is 2.29. The number of benzene rings is 1. The van der Waals surface area contributed by atoms with Crippen LogP contribution in [-0.4, -0.2) is 71.1 Å². The number of aromatic hydroxyl groups is 1. The van der Waals surface area contributed by atoms with Crippen molar-refractivity contribution < 1.29 is 38.6 Å². The number of alkyl carbamates (subject to hydrolysis) is 1. The van der Waals surface area contributed by atoms with E-state index in [1.165, 1.54) is 29.2 Å². The number of phenols is 1. The third-order valence-electron chi connectivity index (χ3n) is 5.41. The van der Waals surface area contributed by atoms with Crippen LogP contribution in [0.2, 0.25) is 0 Å². The molecule has 39 heavy (non-hydrogen) atoms. The molecule has 1 rings (SSSR count). The lowest BCUT2D eigenvalue weighted by atomic mass is 10.0. The number of hydrogen-bond acceptors (Lipinski definition) is 8. The van der Waals surface area contributed by atoms with Crippen LogP contribution in [0.15, 0.2) is 24.3 Å². The minimum Gasteiger partial charge on any atom is -0.508 e. The van der Waals surface area contributed by atoms with Crippen LogP contribution in [0.1, 0.15) is 78.3 Å². The van der Waals surface area contributed by atoms with E-state index in [1.807, 2.05) is 6.92 Å². The Morgan fingerprint density at radius 1 is 1.05 bits per heavy atom. The van der Waals surface area contributed by atoms with E-state index < -0.39 is 47.5 Å². The Hall–Kier alpha value is -3.83. The SMILES string of the molecule is CCCCN(C(=O)C(CCC(N)=O)NC(=O)OC(C)(C)C)C(C(=O)NCCC(=O)OCC)c1ccc(O)cc1. The minimum atomic E-state index is -1.21. The maximum Gasteiger partial charge on any atom is 0.408 e. The van der Waals surface area contributed by atoms with Crippen molar-refractivity contribution in [3.63, 3.8) is 0 Å². The van der Waals surface area contributed by atoms with Crippen LogP contribution in [-0.2, 0) is 28.7 Å². The molecular weight excluding hydrogens is 508 g/mol. The molecule has 1 aromatic carbocycles. The number of nitrogens with zero attached hydrogens (tertiary/aromatic N) is 1. The van der Waals surface area contributed by atoms with Crippen LogP contribution in [0, 0.1) is 0 Å². The molecule has 2 unspecified atom stereocenters. The van der Waals surface area contributed by atoms with Gasteiger partial charge in [0.05, 0.1) is 13.0 Å². The van der Waals surface area contributed by atoms with Gasteiger partial charge in [-0.3, -0.25) is 19.2 Å². The fourth-order valence-corrected chi connectivity index (χ4v) is 3.64. The third kappa shape index (κ3) is 12.5. The van der Waals surface area contributed by atoms with Gasteiger partial charge in [-0.15, -0.1) is 0 Å². The first-order valence-electron chi connectivity index (χ1n) is 13.1. The van der Waals surface area contributed by atoms with Crippen molar-refractivity contribution in [2.45, 2.75) is 84.4 Å². The molecule has 0 radical (unpaired) electrons. The number of unbranched alkanes of at least 4 members (excludes halogenated alkanes) is 1. The Kier molecular flexibility index (Phi) is 13.8. The average molecular weight is 551 g/mol. The van der Waals surface area contributed by atoms with Crippen molar-refractivity contribution in [1.29, 1.82) is 0 Å². The molecule has 0 bridgehead atoms. The van der Waals surface area contributed by atoms with E-state index in [1.54, 1.807) is 27.7 Å². The molecule has 0 aliphatic carbocycles. The van der Waals surface area contributed by atoms with Crippen molar-refractivity contribution in [2.24, 2.45) is 5.73 Å². The Balaban J connectivity index is 3.39. The highest BCUT2D eigenvalue weighted by Gasteiger charge is 2.36. The van der Waals surface area contributed by atoms with Gasteiger partial charge in [0.25, 0.3) is 0 Å². The summed E-state index contributed by atoms with van der Waals surface area (Å²) in [4.78, 5) is 64.5. The maximum absolute atomic E-state index is 13.9. The molecule has 0 aliphatic heterocycles. The summed E-state index contributed by atoms with van der Waals surface area (Å²) in [5, 5.41) is 15.0. The molecule has 5 N–H and O–H groups in total. The summed E-state index contributed by atoms with van der Waals surface area (Å²) >= 11 is 0. The van der Waals surface area contributed by atoms with Crippen molar-refractivity contribution in [2.75, 3.05) is 19.7 Å². The zero-order valence-electron chi connectivity index (χ0n) is 23.5. The number of nitrogens with two attached hydrogens (primary N) is 1. The number of carbonyl (C=O) groups is 5. The number of esters is 1. The zero-order chi connectivity index (χ0) is 29.6. The summed E-state index contributed by atoms with van der Waals surface area (Å²) < 4.78 is 10.2. The van der Waals surface area contributed by atoms with Crippen molar-refractivity contribution in [1.82, 2.24) is 15.5 Å².